The van der Waals surface area contributed by atoms with Crippen molar-refractivity contribution in [3.05, 3.63) is 64.1 Å². The fourth-order valence-corrected chi connectivity index (χ4v) is 3.19. The number of hydrogen-bond donors (Lipinski definition) is 1. The number of rotatable bonds is 4. The third kappa shape index (κ3) is 4.68. The van der Waals surface area contributed by atoms with E-state index in [-0.39, 0.29) is 10.3 Å². The van der Waals surface area contributed by atoms with E-state index in [1.165, 1.54) is 0 Å². The van der Waals surface area contributed by atoms with Gasteiger partial charge < -0.3 is 0 Å². The van der Waals surface area contributed by atoms with Gasteiger partial charge in [0.05, 0.1) is 10.6 Å². The molecule has 0 aliphatic rings. The highest BCUT2D eigenvalue weighted by Crippen LogP contribution is 2.23. The van der Waals surface area contributed by atoms with Gasteiger partial charge in [-0.15, -0.1) is 0 Å². The summed E-state index contributed by atoms with van der Waals surface area (Å²) in [5.41, 5.74) is 2.50. The molecule has 128 valence electrons. The third-order valence-corrected chi connectivity index (χ3v) is 5.38. The summed E-state index contributed by atoms with van der Waals surface area (Å²) in [5, 5.41) is 4.01. The normalized spacial score (nSPS) is 13.0. The molecule has 0 saturated heterocycles. The second-order valence-corrected chi connectivity index (χ2v) is 9.15. The van der Waals surface area contributed by atoms with E-state index in [4.69, 9.17) is 0 Å². The van der Waals surface area contributed by atoms with Gasteiger partial charge in [0.1, 0.15) is 0 Å². The lowest BCUT2D eigenvalue weighted by atomic mass is 9.87. The molecule has 2 aromatic rings. The van der Waals surface area contributed by atoms with E-state index in [0.29, 0.717) is 5.71 Å². The predicted octanol–water partition coefficient (Wildman–Crippen LogP) is 4.45. The van der Waals surface area contributed by atoms with Crippen LogP contribution in [0.25, 0.3) is 0 Å². The van der Waals surface area contributed by atoms with Crippen molar-refractivity contribution in [2.75, 3.05) is 0 Å². The minimum atomic E-state index is -3.68. The van der Waals surface area contributed by atoms with Gasteiger partial charge >= 0.3 is 0 Å². The van der Waals surface area contributed by atoms with Crippen LogP contribution in [0.4, 0.5) is 0 Å². The zero-order chi connectivity index (χ0) is 18.0. The number of nitrogens with zero attached hydrogens (tertiary/aromatic N) is 1. The smallest absolute Gasteiger partial charge is 0.200 e. The van der Waals surface area contributed by atoms with E-state index in [2.05, 4.69) is 46.6 Å². The molecule has 0 amide bonds. The third-order valence-electron chi connectivity index (χ3n) is 3.63. The van der Waals surface area contributed by atoms with Crippen LogP contribution in [0.3, 0.4) is 0 Å². The largest absolute Gasteiger partial charge is 0.276 e. The Labute approximate surface area is 152 Å². The van der Waals surface area contributed by atoms with Gasteiger partial charge in [-0.2, -0.15) is 18.4 Å². The number of hydrazone groups is 1. The zero-order valence-corrected chi connectivity index (χ0v) is 16.6. The molecule has 0 spiro atoms. The number of sulfonamides is 1. The molecular formula is C18H21BrN2O2S. The van der Waals surface area contributed by atoms with Gasteiger partial charge in [-0.1, -0.05) is 61.0 Å². The number of hydrogen-bond acceptors (Lipinski definition) is 3. The minimum absolute atomic E-state index is 0.0218. The summed E-state index contributed by atoms with van der Waals surface area (Å²) in [5.74, 6) is 0. The van der Waals surface area contributed by atoms with Crippen molar-refractivity contribution in [2.45, 2.75) is 38.0 Å². The molecule has 0 saturated carbocycles. The molecule has 0 heterocycles. The summed E-state index contributed by atoms with van der Waals surface area (Å²) in [4.78, 5) is 2.49. The van der Waals surface area contributed by atoms with E-state index >= 15 is 0 Å². The molecule has 2 rings (SSSR count). The molecule has 4 nitrogen and oxygen atoms in total. The summed E-state index contributed by atoms with van der Waals surface area (Å²) < 4.78 is 25.7. The monoisotopic (exact) mass is 408 g/mol. The highest BCUT2D eigenvalue weighted by molar-refractivity contribution is 9.10. The van der Waals surface area contributed by atoms with Crippen molar-refractivity contribution in [1.82, 2.24) is 4.83 Å². The van der Waals surface area contributed by atoms with Crippen LogP contribution in [0.1, 0.15) is 38.8 Å². The standard InChI is InChI=1S/C18H21BrN2O2S/c1-13(14-5-9-16(19)10-6-14)20-21-24(22,23)17-11-7-15(8-12-17)18(2,3)4/h5-12,21H,1-4H3. The quantitative estimate of drug-likeness (QED) is 0.599. The topological polar surface area (TPSA) is 58.5 Å². The molecule has 0 unspecified atom stereocenters. The summed E-state index contributed by atoms with van der Waals surface area (Å²) in [7, 11) is -3.68. The Hall–Kier alpha value is -1.66. The molecule has 1 N–H and O–H groups in total. The Kier molecular flexibility index (Phi) is 5.50. The van der Waals surface area contributed by atoms with Gasteiger partial charge in [0.2, 0.25) is 0 Å². The first-order valence-electron chi connectivity index (χ1n) is 7.52. The Morgan fingerprint density at radius 1 is 1.00 bits per heavy atom. The maximum atomic E-state index is 12.4. The van der Waals surface area contributed by atoms with Gasteiger partial charge in [-0.3, -0.25) is 0 Å². The maximum absolute atomic E-state index is 12.4. The van der Waals surface area contributed by atoms with Crippen molar-refractivity contribution in [3.63, 3.8) is 0 Å². The molecule has 6 heteroatoms. The Morgan fingerprint density at radius 3 is 2.04 bits per heavy atom. The van der Waals surface area contributed by atoms with Crippen LogP contribution in [-0.2, 0) is 15.4 Å². The first-order valence-corrected chi connectivity index (χ1v) is 9.80. The molecule has 0 aromatic heterocycles. The van der Waals surface area contributed by atoms with Crippen LogP contribution in [-0.4, -0.2) is 14.1 Å². The van der Waals surface area contributed by atoms with Gasteiger partial charge in [0, 0.05) is 4.47 Å². The molecule has 0 aliphatic carbocycles. The molecule has 0 fully saturated rings. The molecule has 0 bridgehead atoms. The SMILES string of the molecule is CC(=NNS(=O)(=O)c1ccc(C(C)(C)C)cc1)c1ccc(Br)cc1. The Balaban J connectivity index is 2.19. The average Bonchev–Trinajstić information content (AvgIpc) is 2.53. The van der Waals surface area contributed by atoms with E-state index in [0.717, 1.165) is 15.6 Å². The average molecular weight is 409 g/mol. The second-order valence-electron chi connectivity index (χ2n) is 6.57. The van der Waals surface area contributed by atoms with Crippen molar-refractivity contribution in [3.8, 4) is 0 Å². The van der Waals surface area contributed by atoms with Crippen LogP contribution in [0.2, 0.25) is 0 Å². The van der Waals surface area contributed by atoms with Crippen molar-refractivity contribution < 1.29 is 8.42 Å². The lowest BCUT2D eigenvalue weighted by Crippen LogP contribution is -2.20. The number of nitrogens with one attached hydrogen (secondary N) is 1. The summed E-state index contributed by atoms with van der Waals surface area (Å²) in [6.07, 6.45) is 0. The van der Waals surface area contributed by atoms with E-state index < -0.39 is 10.0 Å². The number of benzene rings is 2. The fourth-order valence-electron chi connectivity index (χ4n) is 2.07. The number of halogens is 1. The van der Waals surface area contributed by atoms with Crippen LogP contribution in [0, 0.1) is 0 Å². The maximum Gasteiger partial charge on any atom is 0.276 e. The molecule has 2 aromatic carbocycles. The van der Waals surface area contributed by atoms with Crippen molar-refractivity contribution in [2.24, 2.45) is 5.10 Å². The molecular weight excluding hydrogens is 388 g/mol. The van der Waals surface area contributed by atoms with E-state index in [1.807, 2.05) is 36.4 Å². The molecule has 0 aliphatic heterocycles. The summed E-state index contributed by atoms with van der Waals surface area (Å²) in [6, 6.07) is 14.4. The highest BCUT2D eigenvalue weighted by Gasteiger charge is 2.17. The zero-order valence-electron chi connectivity index (χ0n) is 14.2. The lowest BCUT2D eigenvalue weighted by molar-refractivity contribution is 0.580. The first kappa shape index (κ1) is 18.7. The van der Waals surface area contributed by atoms with Gasteiger partial charge in [0.25, 0.3) is 10.0 Å². The first-order chi connectivity index (χ1) is 11.1. The van der Waals surface area contributed by atoms with Crippen molar-refractivity contribution in [1.29, 1.82) is 0 Å². The van der Waals surface area contributed by atoms with Gasteiger partial charge in [0.15, 0.2) is 0 Å². The molecule has 24 heavy (non-hydrogen) atoms. The van der Waals surface area contributed by atoms with E-state index in [9.17, 15) is 8.42 Å². The highest BCUT2D eigenvalue weighted by atomic mass is 79.9. The van der Waals surface area contributed by atoms with Crippen LogP contribution in [0.15, 0.2) is 63.0 Å². The van der Waals surface area contributed by atoms with Crippen molar-refractivity contribution >= 4 is 31.7 Å². The van der Waals surface area contributed by atoms with Crippen LogP contribution in [0.5, 0.6) is 0 Å². The Bertz CT molecular complexity index is 834. The van der Waals surface area contributed by atoms with Crippen LogP contribution >= 0.6 is 15.9 Å². The van der Waals surface area contributed by atoms with Crippen LogP contribution < -0.4 is 4.83 Å². The van der Waals surface area contributed by atoms with E-state index in [1.54, 1.807) is 19.1 Å². The lowest BCUT2D eigenvalue weighted by Gasteiger charge is -2.19. The molecule has 0 atom stereocenters. The van der Waals surface area contributed by atoms with Gasteiger partial charge in [-0.05, 0) is 47.7 Å². The Morgan fingerprint density at radius 2 is 1.54 bits per heavy atom. The summed E-state index contributed by atoms with van der Waals surface area (Å²) >= 11 is 3.36. The fraction of sp³-hybridized carbons (Fsp3) is 0.278. The second kappa shape index (κ2) is 7.07. The minimum Gasteiger partial charge on any atom is -0.200 e. The predicted molar refractivity (Wildman–Crippen MR) is 102 cm³/mol. The summed E-state index contributed by atoms with van der Waals surface area (Å²) in [6.45, 7) is 8.01. The van der Waals surface area contributed by atoms with Gasteiger partial charge in [-0.25, -0.2) is 0 Å². The molecule has 0 radical (unpaired) electrons.